The molecule has 96 valence electrons. The molecule has 0 aliphatic rings. The Kier molecular flexibility index (Phi) is 5.95. The van der Waals surface area contributed by atoms with Crippen LogP contribution in [0.3, 0.4) is 0 Å². The molecule has 0 aliphatic carbocycles. The van der Waals surface area contributed by atoms with Crippen LogP contribution in [0.15, 0.2) is 22.7 Å². The van der Waals surface area contributed by atoms with Crippen molar-refractivity contribution in [3.63, 3.8) is 0 Å². The summed E-state index contributed by atoms with van der Waals surface area (Å²) in [4.78, 5) is 2.36. The zero-order valence-corrected chi connectivity index (χ0v) is 12.3. The highest BCUT2D eigenvalue weighted by Crippen LogP contribution is 2.29. The molecule has 0 radical (unpaired) electrons. The first-order valence-electron chi connectivity index (χ1n) is 5.95. The number of nitrogens with zero attached hydrogens (tertiary/aromatic N) is 1. The number of ether oxygens (including phenoxy) is 1. The van der Waals surface area contributed by atoms with Crippen molar-refractivity contribution in [3.05, 3.63) is 28.2 Å². The van der Waals surface area contributed by atoms with E-state index in [2.05, 4.69) is 46.8 Å². The predicted octanol–water partition coefficient (Wildman–Crippen LogP) is 2.80. The summed E-state index contributed by atoms with van der Waals surface area (Å²) in [5.74, 6) is 0.851. The number of hydrogen-bond acceptors (Lipinski definition) is 3. The fraction of sp³-hybridized carbons (Fsp3) is 0.538. The molecular weight excluding hydrogens is 280 g/mol. The summed E-state index contributed by atoms with van der Waals surface area (Å²) >= 11 is 3.51. The second-order valence-electron chi connectivity index (χ2n) is 3.87. The van der Waals surface area contributed by atoms with Crippen molar-refractivity contribution in [1.82, 2.24) is 4.90 Å². The van der Waals surface area contributed by atoms with E-state index in [0.29, 0.717) is 6.54 Å². The molecular formula is C13H21BrN2O. The van der Waals surface area contributed by atoms with Gasteiger partial charge in [-0.25, -0.2) is 0 Å². The molecule has 3 nitrogen and oxygen atoms in total. The fourth-order valence-corrected chi connectivity index (χ4v) is 2.61. The third kappa shape index (κ3) is 3.44. The van der Waals surface area contributed by atoms with Gasteiger partial charge in [-0.2, -0.15) is 0 Å². The number of rotatable bonds is 6. The molecule has 0 fully saturated rings. The van der Waals surface area contributed by atoms with Gasteiger partial charge in [-0.05, 0) is 46.7 Å². The molecule has 17 heavy (non-hydrogen) atoms. The molecule has 0 heterocycles. The summed E-state index contributed by atoms with van der Waals surface area (Å²) in [7, 11) is 1.67. The second kappa shape index (κ2) is 6.99. The Morgan fingerprint density at radius 2 is 2.00 bits per heavy atom. The summed E-state index contributed by atoms with van der Waals surface area (Å²) in [6, 6.07) is 6.42. The molecule has 0 aromatic heterocycles. The molecule has 1 atom stereocenters. The number of methoxy groups -OCH3 is 1. The minimum Gasteiger partial charge on any atom is -0.496 e. The molecule has 0 amide bonds. The topological polar surface area (TPSA) is 38.5 Å². The molecule has 0 saturated carbocycles. The Hall–Kier alpha value is -0.580. The van der Waals surface area contributed by atoms with Crippen molar-refractivity contribution in [2.75, 3.05) is 26.7 Å². The smallest absolute Gasteiger partial charge is 0.133 e. The maximum atomic E-state index is 5.89. The first kappa shape index (κ1) is 14.5. The van der Waals surface area contributed by atoms with Gasteiger partial charge < -0.3 is 10.5 Å². The van der Waals surface area contributed by atoms with Gasteiger partial charge in [-0.15, -0.1) is 0 Å². The van der Waals surface area contributed by atoms with Gasteiger partial charge in [0.1, 0.15) is 5.75 Å². The van der Waals surface area contributed by atoms with E-state index in [-0.39, 0.29) is 6.04 Å². The summed E-state index contributed by atoms with van der Waals surface area (Å²) in [6.45, 7) is 6.94. The van der Waals surface area contributed by atoms with Gasteiger partial charge in [0.2, 0.25) is 0 Å². The van der Waals surface area contributed by atoms with E-state index in [1.165, 1.54) is 5.56 Å². The van der Waals surface area contributed by atoms with E-state index in [9.17, 15) is 0 Å². The van der Waals surface area contributed by atoms with E-state index in [1.54, 1.807) is 7.11 Å². The average Bonchev–Trinajstić information content (AvgIpc) is 2.35. The molecule has 1 aromatic rings. The highest BCUT2D eigenvalue weighted by Gasteiger charge is 2.17. The third-order valence-corrected chi connectivity index (χ3v) is 3.66. The van der Waals surface area contributed by atoms with Gasteiger partial charge in [0, 0.05) is 12.6 Å². The van der Waals surface area contributed by atoms with E-state index in [0.717, 1.165) is 23.3 Å². The Morgan fingerprint density at radius 1 is 1.35 bits per heavy atom. The monoisotopic (exact) mass is 300 g/mol. The van der Waals surface area contributed by atoms with Crippen LogP contribution in [0.4, 0.5) is 0 Å². The Bertz CT molecular complexity index is 353. The van der Waals surface area contributed by atoms with Crippen LogP contribution >= 0.6 is 15.9 Å². The number of hydrogen-bond donors (Lipinski definition) is 1. The van der Waals surface area contributed by atoms with Gasteiger partial charge in [-0.3, -0.25) is 4.90 Å². The molecule has 2 N–H and O–H groups in total. The lowest BCUT2D eigenvalue weighted by Crippen LogP contribution is -2.33. The SMILES string of the molecule is CCN(CC)C(CN)c1ccc(OC)c(Br)c1. The summed E-state index contributed by atoms with van der Waals surface area (Å²) in [5, 5.41) is 0. The maximum Gasteiger partial charge on any atom is 0.133 e. The average molecular weight is 301 g/mol. The lowest BCUT2D eigenvalue weighted by molar-refractivity contribution is 0.224. The highest BCUT2D eigenvalue weighted by atomic mass is 79.9. The minimum absolute atomic E-state index is 0.271. The van der Waals surface area contributed by atoms with Crippen LogP contribution in [0, 0.1) is 0 Å². The van der Waals surface area contributed by atoms with Crippen molar-refractivity contribution in [2.24, 2.45) is 5.73 Å². The van der Waals surface area contributed by atoms with Crippen LogP contribution in [0.2, 0.25) is 0 Å². The lowest BCUT2D eigenvalue weighted by atomic mass is 10.1. The minimum atomic E-state index is 0.271. The Balaban J connectivity index is 3.00. The molecule has 1 unspecified atom stereocenters. The standard InChI is InChI=1S/C13H21BrN2O/c1-4-16(5-2)12(9-15)10-6-7-13(17-3)11(14)8-10/h6-8,12H,4-5,9,15H2,1-3H3. The van der Waals surface area contributed by atoms with Crippen LogP contribution < -0.4 is 10.5 Å². The van der Waals surface area contributed by atoms with Crippen LogP contribution in [0.5, 0.6) is 5.75 Å². The van der Waals surface area contributed by atoms with Crippen LogP contribution in [-0.4, -0.2) is 31.6 Å². The normalized spacial score (nSPS) is 12.8. The lowest BCUT2D eigenvalue weighted by Gasteiger charge is -2.29. The zero-order valence-electron chi connectivity index (χ0n) is 10.7. The predicted molar refractivity (Wildman–Crippen MR) is 75.4 cm³/mol. The zero-order chi connectivity index (χ0) is 12.8. The number of nitrogens with two attached hydrogens (primary N) is 1. The molecule has 0 spiro atoms. The molecule has 1 aromatic carbocycles. The molecule has 0 aliphatic heterocycles. The van der Waals surface area contributed by atoms with E-state index in [4.69, 9.17) is 10.5 Å². The van der Waals surface area contributed by atoms with E-state index < -0.39 is 0 Å². The first-order chi connectivity index (χ1) is 8.17. The summed E-state index contributed by atoms with van der Waals surface area (Å²) < 4.78 is 6.21. The largest absolute Gasteiger partial charge is 0.496 e. The third-order valence-electron chi connectivity index (χ3n) is 3.04. The number of halogens is 1. The number of likely N-dealkylation sites (N-methyl/N-ethyl adjacent to an activating group) is 1. The van der Waals surface area contributed by atoms with E-state index >= 15 is 0 Å². The van der Waals surface area contributed by atoms with Gasteiger partial charge >= 0.3 is 0 Å². The van der Waals surface area contributed by atoms with Crippen LogP contribution in [0.1, 0.15) is 25.5 Å². The fourth-order valence-electron chi connectivity index (χ4n) is 2.05. The number of benzene rings is 1. The van der Waals surface area contributed by atoms with Gasteiger partial charge in [0.05, 0.1) is 11.6 Å². The molecule has 1 rings (SSSR count). The van der Waals surface area contributed by atoms with Crippen LogP contribution in [-0.2, 0) is 0 Å². The van der Waals surface area contributed by atoms with Gasteiger partial charge in [0.15, 0.2) is 0 Å². The van der Waals surface area contributed by atoms with Crippen molar-refractivity contribution >= 4 is 15.9 Å². The summed E-state index contributed by atoms with van der Waals surface area (Å²) in [6.07, 6.45) is 0. The van der Waals surface area contributed by atoms with E-state index in [1.807, 2.05) is 6.07 Å². The van der Waals surface area contributed by atoms with Gasteiger partial charge in [-0.1, -0.05) is 19.9 Å². The first-order valence-corrected chi connectivity index (χ1v) is 6.74. The van der Waals surface area contributed by atoms with Crippen molar-refractivity contribution < 1.29 is 4.74 Å². The molecule has 4 heteroatoms. The molecule has 0 saturated heterocycles. The van der Waals surface area contributed by atoms with Crippen molar-refractivity contribution in [1.29, 1.82) is 0 Å². The maximum absolute atomic E-state index is 5.89. The summed E-state index contributed by atoms with van der Waals surface area (Å²) in [5.41, 5.74) is 7.12. The van der Waals surface area contributed by atoms with Crippen molar-refractivity contribution in [3.8, 4) is 5.75 Å². The highest BCUT2D eigenvalue weighted by molar-refractivity contribution is 9.10. The quantitative estimate of drug-likeness (QED) is 0.878. The Morgan fingerprint density at radius 3 is 2.41 bits per heavy atom. The second-order valence-corrected chi connectivity index (χ2v) is 4.72. The van der Waals surface area contributed by atoms with Crippen LogP contribution in [0.25, 0.3) is 0 Å². The molecule has 0 bridgehead atoms. The van der Waals surface area contributed by atoms with Gasteiger partial charge in [0.25, 0.3) is 0 Å². The van der Waals surface area contributed by atoms with Crippen molar-refractivity contribution in [2.45, 2.75) is 19.9 Å². The Labute approximate surface area is 112 Å².